The average molecular weight is 180 g/mol. The van der Waals surface area contributed by atoms with Crippen molar-refractivity contribution in [2.45, 2.75) is 25.9 Å². The molecule has 0 spiro atoms. The minimum absolute atomic E-state index is 0.131. The molecule has 13 heavy (non-hydrogen) atoms. The third-order valence-electron chi connectivity index (χ3n) is 2.26. The van der Waals surface area contributed by atoms with E-state index in [1.54, 1.807) is 7.11 Å². The van der Waals surface area contributed by atoms with Crippen LogP contribution in [0.1, 0.15) is 19.8 Å². The molecule has 0 aromatic heterocycles. The molecule has 0 fully saturated rings. The van der Waals surface area contributed by atoms with Gasteiger partial charge in [-0.1, -0.05) is 31.2 Å². The van der Waals surface area contributed by atoms with E-state index in [4.69, 9.17) is 4.74 Å². The summed E-state index contributed by atoms with van der Waals surface area (Å²) in [6.45, 7) is 1.87. The molecule has 1 unspecified atom stereocenters. The van der Waals surface area contributed by atoms with Gasteiger partial charge in [0.05, 0.1) is 0 Å². The van der Waals surface area contributed by atoms with E-state index >= 15 is 0 Å². The van der Waals surface area contributed by atoms with Crippen LogP contribution in [0.5, 0.6) is 0 Å². The highest BCUT2D eigenvalue weighted by Gasteiger charge is 2.23. The maximum Gasteiger partial charge on any atom is 0.162 e. The molecule has 1 aliphatic carbocycles. The van der Waals surface area contributed by atoms with Gasteiger partial charge in [-0.2, -0.15) is 0 Å². The third-order valence-corrected chi connectivity index (χ3v) is 2.26. The van der Waals surface area contributed by atoms with Crippen molar-refractivity contribution in [2.75, 3.05) is 7.11 Å². The number of methoxy groups -OCH3 is 1. The lowest BCUT2D eigenvalue weighted by Crippen LogP contribution is -2.29. The monoisotopic (exact) mass is 180 g/mol. The number of hydrogen-bond acceptors (Lipinski definition) is 2. The molecule has 0 saturated carbocycles. The van der Waals surface area contributed by atoms with Gasteiger partial charge in [0, 0.05) is 19.4 Å². The Balaban J connectivity index is 2.65. The fourth-order valence-corrected chi connectivity index (χ4v) is 1.52. The molecule has 0 N–H and O–H groups in total. The topological polar surface area (TPSA) is 26.3 Å². The van der Waals surface area contributed by atoms with Crippen LogP contribution in [0, 0.1) is 5.92 Å². The molecule has 0 aromatic carbocycles. The van der Waals surface area contributed by atoms with Crippen molar-refractivity contribution < 1.29 is 9.53 Å². The Hall–Kier alpha value is -0.890. The van der Waals surface area contributed by atoms with Gasteiger partial charge in [0.2, 0.25) is 0 Å². The van der Waals surface area contributed by atoms with E-state index in [9.17, 15) is 4.79 Å². The second-order valence-electron chi connectivity index (χ2n) is 3.15. The zero-order chi connectivity index (χ0) is 9.68. The van der Waals surface area contributed by atoms with Crippen molar-refractivity contribution in [1.29, 1.82) is 0 Å². The number of rotatable bonds is 4. The van der Waals surface area contributed by atoms with E-state index in [1.807, 2.05) is 19.1 Å². The quantitative estimate of drug-likeness (QED) is 0.619. The van der Waals surface area contributed by atoms with Crippen LogP contribution in [0.15, 0.2) is 24.3 Å². The number of Topliss-reactive ketones (excluding diaryl/α,β-unsaturated/α-hetero) is 1. The number of hydrogen-bond donors (Lipinski definition) is 0. The first kappa shape index (κ1) is 10.2. The van der Waals surface area contributed by atoms with E-state index < -0.39 is 0 Å². The SMILES string of the molecule is CCC(=O)C(OC)C1C=CCC=C1. The summed E-state index contributed by atoms with van der Waals surface area (Å²) in [4.78, 5) is 11.4. The number of carbonyl (C=O) groups excluding carboxylic acids is 1. The molecular weight excluding hydrogens is 164 g/mol. The first-order chi connectivity index (χ1) is 6.29. The molecule has 2 nitrogen and oxygen atoms in total. The highest BCUT2D eigenvalue weighted by Crippen LogP contribution is 2.17. The zero-order valence-corrected chi connectivity index (χ0v) is 8.19. The number of ether oxygens (including phenoxy) is 1. The van der Waals surface area contributed by atoms with Gasteiger partial charge in [-0.25, -0.2) is 0 Å². The molecule has 0 aliphatic heterocycles. The van der Waals surface area contributed by atoms with Crippen molar-refractivity contribution in [3.05, 3.63) is 24.3 Å². The summed E-state index contributed by atoms with van der Waals surface area (Å²) in [5.74, 6) is 0.301. The standard InChI is InChI=1S/C11H16O2/c1-3-10(12)11(13-2)9-7-5-4-6-8-9/h5-9,11H,3-4H2,1-2H3. The lowest BCUT2D eigenvalue weighted by Gasteiger charge is -2.20. The van der Waals surface area contributed by atoms with Gasteiger partial charge >= 0.3 is 0 Å². The number of allylic oxidation sites excluding steroid dienone is 2. The highest BCUT2D eigenvalue weighted by atomic mass is 16.5. The summed E-state index contributed by atoms with van der Waals surface area (Å²) >= 11 is 0. The predicted octanol–water partition coefficient (Wildman–Crippen LogP) is 2.11. The zero-order valence-electron chi connectivity index (χ0n) is 8.19. The van der Waals surface area contributed by atoms with Crippen LogP contribution >= 0.6 is 0 Å². The maximum absolute atomic E-state index is 11.4. The van der Waals surface area contributed by atoms with Gasteiger partial charge in [0.25, 0.3) is 0 Å². The van der Waals surface area contributed by atoms with E-state index in [2.05, 4.69) is 12.2 Å². The van der Waals surface area contributed by atoms with Gasteiger partial charge in [-0.15, -0.1) is 0 Å². The van der Waals surface area contributed by atoms with Crippen LogP contribution in [0.3, 0.4) is 0 Å². The van der Waals surface area contributed by atoms with Crippen LogP contribution < -0.4 is 0 Å². The van der Waals surface area contributed by atoms with E-state index in [0.29, 0.717) is 6.42 Å². The Kier molecular flexibility index (Phi) is 3.90. The lowest BCUT2D eigenvalue weighted by molar-refractivity contribution is -0.129. The predicted molar refractivity (Wildman–Crippen MR) is 52.5 cm³/mol. The van der Waals surface area contributed by atoms with Crippen LogP contribution in [0.25, 0.3) is 0 Å². The summed E-state index contributed by atoms with van der Waals surface area (Å²) in [7, 11) is 1.59. The fraction of sp³-hybridized carbons (Fsp3) is 0.545. The summed E-state index contributed by atoms with van der Waals surface area (Å²) in [6.07, 6.45) is 9.44. The van der Waals surface area contributed by atoms with Crippen LogP contribution in [0.2, 0.25) is 0 Å². The molecule has 0 radical (unpaired) electrons. The minimum Gasteiger partial charge on any atom is -0.373 e. The average Bonchev–Trinajstić information content (AvgIpc) is 2.20. The van der Waals surface area contributed by atoms with E-state index in [1.165, 1.54) is 0 Å². The van der Waals surface area contributed by atoms with Gasteiger partial charge < -0.3 is 4.74 Å². The normalized spacial score (nSPS) is 18.9. The van der Waals surface area contributed by atoms with Crippen LogP contribution in [0.4, 0.5) is 0 Å². The number of ketones is 1. The Morgan fingerprint density at radius 3 is 2.62 bits per heavy atom. The largest absolute Gasteiger partial charge is 0.373 e. The highest BCUT2D eigenvalue weighted by molar-refractivity contribution is 5.83. The molecule has 0 aromatic rings. The molecule has 1 rings (SSSR count). The van der Waals surface area contributed by atoms with Gasteiger partial charge in [0.15, 0.2) is 5.78 Å². The molecule has 0 bridgehead atoms. The summed E-state index contributed by atoms with van der Waals surface area (Å²) in [6, 6.07) is 0. The lowest BCUT2D eigenvalue weighted by atomic mass is 9.93. The van der Waals surface area contributed by atoms with Crippen molar-refractivity contribution in [1.82, 2.24) is 0 Å². The van der Waals surface area contributed by atoms with Gasteiger partial charge in [-0.3, -0.25) is 4.79 Å². The second-order valence-corrected chi connectivity index (χ2v) is 3.15. The smallest absolute Gasteiger partial charge is 0.162 e. The Bertz CT molecular complexity index is 216. The van der Waals surface area contributed by atoms with Crippen LogP contribution in [-0.4, -0.2) is 19.0 Å². The first-order valence-corrected chi connectivity index (χ1v) is 4.68. The molecule has 0 heterocycles. The maximum atomic E-state index is 11.4. The van der Waals surface area contributed by atoms with E-state index in [0.717, 1.165) is 6.42 Å². The van der Waals surface area contributed by atoms with Crippen molar-refractivity contribution >= 4 is 5.78 Å². The van der Waals surface area contributed by atoms with Crippen LogP contribution in [-0.2, 0) is 9.53 Å². The summed E-state index contributed by atoms with van der Waals surface area (Å²) < 4.78 is 5.19. The summed E-state index contributed by atoms with van der Waals surface area (Å²) in [5.41, 5.74) is 0. The molecular formula is C11H16O2. The van der Waals surface area contributed by atoms with Crippen molar-refractivity contribution in [3.8, 4) is 0 Å². The minimum atomic E-state index is -0.294. The van der Waals surface area contributed by atoms with Gasteiger partial charge in [0.1, 0.15) is 6.10 Å². The molecule has 0 saturated heterocycles. The molecule has 1 atom stereocenters. The summed E-state index contributed by atoms with van der Waals surface area (Å²) in [5, 5.41) is 0. The van der Waals surface area contributed by atoms with Crippen molar-refractivity contribution in [3.63, 3.8) is 0 Å². The second kappa shape index (κ2) is 4.97. The first-order valence-electron chi connectivity index (χ1n) is 4.68. The molecule has 0 amide bonds. The molecule has 1 aliphatic rings. The number of carbonyl (C=O) groups is 1. The Labute approximate surface area is 79.3 Å². The molecule has 72 valence electrons. The molecule has 2 heteroatoms. The van der Waals surface area contributed by atoms with Crippen molar-refractivity contribution in [2.24, 2.45) is 5.92 Å². The van der Waals surface area contributed by atoms with Gasteiger partial charge in [-0.05, 0) is 6.42 Å². The Morgan fingerprint density at radius 1 is 1.54 bits per heavy atom. The third kappa shape index (κ3) is 2.52. The van der Waals surface area contributed by atoms with E-state index in [-0.39, 0.29) is 17.8 Å². The fourth-order valence-electron chi connectivity index (χ4n) is 1.52. The Morgan fingerprint density at radius 2 is 2.15 bits per heavy atom.